The number of nitrogens with zero attached hydrogens (tertiary/aromatic N) is 6. The van der Waals surface area contributed by atoms with Crippen molar-refractivity contribution < 1.29 is 9.53 Å². The Balaban J connectivity index is 1.33. The van der Waals surface area contributed by atoms with E-state index in [9.17, 15) is 4.79 Å². The van der Waals surface area contributed by atoms with E-state index in [1.54, 1.807) is 6.20 Å². The van der Waals surface area contributed by atoms with E-state index in [-0.39, 0.29) is 18.2 Å². The maximum Gasteiger partial charge on any atom is 0.407 e. The summed E-state index contributed by atoms with van der Waals surface area (Å²) in [6, 6.07) is 10.4. The van der Waals surface area contributed by atoms with Gasteiger partial charge in [-0.1, -0.05) is 18.9 Å². The number of aryl methyl sites for hydroxylation is 1. The van der Waals surface area contributed by atoms with Gasteiger partial charge in [0.1, 0.15) is 5.60 Å². The molecule has 1 amide bonds. The van der Waals surface area contributed by atoms with Gasteiger partial charge in [-0.25, -0.2) is 4.79 Å². The number of anilines is 1. The molecule has 0 saturated heterocycles. The maximum absolute atomic E-state index is 12.4. The van der Waals surface area contributed by atoms with Gasteiger partial charge in [-0.05, 0) is 76.8 Å². The highest BCUT2D eigenvalue weighted by molar-refractivity contribution is 6.01. The molecule has 3 heterocycles. The van der Waals surface area contributed by atoms with E-state index in [1.165, 1.54) is 0 Å². The molecule has 0 aliphatic heterocycles. The molecule has 1 fully saturated rings. The van der Waals surface area contributed by atoms with E-state index in [4.69, 9.17) is 4.74 Å². The summed E-state index contributed by atoms with van der Waals surface area (Å²) in [6.07, 6.45) is 8.22. The summed E-state index contributed by atoms with van der Waals surface area (Å²) >= 11 is 0. The number of rotatable bonds is 5. The summed E-state index contributed by atoms with van der Waals surface area (Å²) in [5.74, 6) is 0.803. The van der Waals surface area contributed by atoms with Crippen molar-refractivity contribution >= 4 is 22.8 Å². The molecule has 204 valence electrons. The summed E-state index contributed by atoms with van der Waals surface area (Å²) in [7, 11) is 2.05. The molecule has 39 heavy (non-hydrogen) atoms. The van der Waals surface area contributed by atoms with Crippen molar-refractivity contribution in [2.75, 3.05) is 11.9 Å². The molecule has 1 aliphatic rings. The Kier molecular flexibility index (Phi) is 7.45. The lowest BCUT2D eigenvalue weighted by Crippen LogP contribution is -2.43. The predicted octanol–water partition coefficient (Wildman–Crippen LogP) is 5.45. The fourth-order valence-corrected chi connectivity index (χ4v) is 5.26. The minimum atomic E-state index is -0.514. The first kappa shape index (κ1) is 26.5. The van der Waals surface area contributed by atoms with Crippen LogP contribution >= 0.6 is 0 Å². The van der Waals surface area contributed by atoms with Crippen LogP contribution in [0, 0.1) is 6.92 Å². The van der Waals surface area contributed by atoms with Gasteiger partial charge in [0.15, 0.2) is 5.82 Å². The zero-order valence-electron chi connectivity index (χ0n) is 23.2. The van der Waals surface area contributed by atoms with Crippen molar-refractivity contribution in [1.29, 1.82) is 0 Å². The van der Waals surface area contributed by atoms with Gasteiger partial charge in [-0.3, -0.25) is 5.10 Å². The van der Waals surface area contributed by atoms with Crippen molar-refractivity contribution in [1.82, 2.24) is 35.9 Å². The van der Waals surface area contributed by atoms with Crippen molar-refractivity contribution in [3.8, 4) is 22.4 Å². The van der Waals surface area contributed by atoms with Crippen molar-refractivity contribution in [3.05, 3.63) is 48.4 Å². The van der Waals surface area contributed by atoms with Gasteiger partial charge in [0.05, 0.1) is 29.3 Å². The van der Waals surface area contributed by atoms with E-state index in [0.29, 0.717) is 0 Å². The van der Waals surface area contributed by atoms with E-state index in [2.05, 4.69) is 53.9 Å². The van der Waals surface area contributed by atoms with Crippen LogP contribution in [0.5, 0.6) is 0 Å². The Bertz CT molecular complexity index is 1440. The smallest absolute Gasteiger partial charge is 0.407 e. The zero-order chi connectivity index (χ0) is 27.6. The largest absolute Gasteiger partial charge is 0.444 e. The fraction of sp³-hybridized carbons (Fsp3) is 0.448. The number of carbonyl (C=O) groups excluding carboxylic acids is 1. The van der Waals surface area contributed by atoms with Gasteiger partial charge in [0, 0.05) is 35.6 Å². The molecule has 3 aromatic heterocycles. The molecule has 2 N–H and O–H groups in total. The lowest BCUT2D eigenvalue weighted by Gasteiger charge is -2.30. The second-order valence-corrected chi connectivity index (χ2v) is 11.3. The second-order valence-electron chi connectivity index (χ2n) is 11.3. The highest BCUT2D eigenvalue weighted by Gasteiger charge is 2.27. The monoisotopic (exact) mass is 528 g/mol. The molecule has 5 rings (SSSR count). The standard InChI is InChI=1S/C29H36N8O2/c1-18-14-19(16-30-33-18)22-10-11-23(27-24(22)17-31-36-27)25-12-13-26(35-34-25)37(5)21-9-7-6-8-20(15-21)32-28(38)39-29(2,3)4/h10-14,16-17,20-21H,6-9,15H2,1-5H3,(H,31,36)(H,32,38). The molecule has 2 unspecified atom stereocenters. The number of alkyl carbamates (subject to hydrolysis) is 1. The molecule has 1 aliphatic carbocycles. The minimum absolute atomic E-state index is 0.0635. The average molecular weight is 529 g/mol. The van der Waals surface area contributed by atoms with Crippen molar-refractivity contribution in [3.63, 3.8) is 0 Å². The normalized spacial score (nSPS) is 18.0. The van der Waals surface area contributed by atoms with Crippen LogP contribution in [0.4, 0.5) is 10.6 Å². The average Bonchev–Trinajstić information content (AvgIpc) is 3.27. The van der Waals surface area contributed by atoms with Crippen LogP contribution in [0.3, 0.4) is 0 Å². The SMILES string of the molecule is Cc1cc(-c2ccc(-c3ccc(N(C)C4CCCCC(NC(=O)OC(C)(C)C)C4)nn3)c3[nH]ncc23)cnn1. The number of carbonyl (C=O) groups is 1. The van der Waals surface area contributed by atoms with Gasteiger partial charge in [0.2, 0.25) is 0 Å². The van der Waals surface area contributed by atoms with Crippen LogP contribution in [0.25, 0.3) is 33.3 Å². The summed E-state index contributed by atoms with van der Waals surface area (Å²) in [6.45, 7) is 7.56. The number of aromatic amines is 1. The second kappa shape index (κ2) is 11.0. The Hall–Kier alpha value is -4.08. The number of hydrogen-bond acceptors (Lipinski definition) is 8. The molecule has 1 aromatic carbocycles. The molecule has 10 nitrogen and oxygen atoms in total. The molecule has 0 spiro atoms. The molecule has 10 heteroatoms. The molecular weight excluding hydrogens is 492 g/mol. The third kappa shape index (κ3) is 6.16. The van der Waals surface area contributed by atoms with E-state index in [1.807, 2.05) is 58.2 Å². The lowest BCUT2D eigenvalue weighted by molar-refractivity contribution is 0.0498. The van der Waals surface area contributed by atoms with E-state index >= 15 is 0 Å². The van der Waals surface area contributed by atoms with Gasteiger partial charge in [-0.15, -0.1) is 10.2 Å². The van der Waals surface area contributed by atoms with Gasteiger partial charge < -0.3 is 15.0 Å². The molecule has 0 bridgehead atoms. The molecule has 2 atom stereocenters. The first-order valence-electron chi connectivity index (χ1n) is 13.5. The zero-order valence-corrected chi connectivity index (χ0v) is 23.2. The van der Waals surface area contributed by atoms with Crippen molar-refractivity contribution in [2.24, 2.45) is 0 Å². The van der Waals surface area contributed by atoms with Crippen LogP contribution in [-0.4, -0.2) is 61.4 Å². The third-order valence-corrected chi connectivity index (χ3v) is 7.16. The lowest BCUT2D eigenvalue weighted by atomic mass is 9.99. The Morgan fingerprint density at radius 3 is 2.59 bits per heavy atom. The van der Waals surface area contributed by atoms with E-state index < -0.39 is 5.60 Å². The first-order valence-corrected chi connectivity index (χ1v) is 13.5. The van der Waals surface area contributed by atoms with Crippen molar-refractivity contribution in [2.45, 2.75) is 77.5 Å². The van der Waals surface area contributed by atoms with Crippen LogP contribution in [0.1, 0.15) is 58.6 Å². The molecule has 4 aromatic rings. The summed E-state index contributed by atoms with van der Waals surface area (Å²) in [5.41, 5.74) is 4.97. The number of aromatic nitrogens is 6. The van der Waals surface area contributed by atoms with Crippen LogP contribution in [0.15, 0.2) is 42.7 Å². The third-order valence-electron chi connectivity index (χ3n) is 7.16. The summed E-state index contributed by atoms with van der Waals surface area (Å²) in [5, 5.41) is 28.9. The Morgan fingerprint density at radius 1 is 1.05 bits per heavy atom. The Morgan fingerprint density at radius 2 is 1.85 bits per heavy atom. The number of H-pyrrole nitrogens is 1. The maximum atomic E-state index is 12.4. The first-order chi connectivity index (χ1) is 18.7. The number of amides is 1. The fourth-order valence-electron chi connectivity index (χ4n) is 5.26. The number of benzene rings is 1. The number of ether oxygens (including phenoxy) is 1. The highest BCUT2D eigenvalue weighted by Crippen LogP contribution is 2.34. The summed E-state index contributed by atoms with van der Waals surface area (Å²) in [4.78, 5) is 14.5. The summed E-state index contributed by atoms with van der Waals surface area (Å²) < 4.78 is 5.48. The van der Waals surface area contributed by atoms with E-state index in [0.717, 1.165) is 76.9 Å². The number of hydrogen-bond donors (Lipinski definition) is 2. The molecular formula is C29H36N8O2. The number of nitrogens with one attached hydrogen (secondary N) is 2. The van der Waals surface area contributed by atoms with Gasteiger partial charge in [-0.2, -0.15) is 15.3 Å². The minimum Gasteiger partial charge on any atom is -0.444 e. The number of fused-ring (bicyclic) bond motifs is 1. The predicted molar refractivity (Wildman–Crippen MR) is 151 cm³/mol. The molecule has 0 radical (unpaired) electrons. The topological polar surface area (TPSA) is 122 Å². The Labute approximate surface area is 228 Å². The highest BCUT2D eigenvalue weighted by atomic mass is 16.6. The van der Waals surface area contributed by atoms with Crippen LogP contribution < -0.4 is 10.2 Å². The quantitative estimate of drug-likeness (QED) is 0.328. The van der Waals surface area contributed by atoms with Gasteiger partial charge in [0.25, 0.3) is 0 Å². The molecule has 1 saturated carbocycles. The van der Waals surface area contributed by atoms with Gasteiger partial charge >= 0.3 is 6.09 Å². The van der Waals surface area contributed by atoms with Crippen LogP contribution in [-0.2, 0) is 4.74 Å². The van der Waals surface area contributed by atoms with Crippen LogP contribution in [0.2, 0.25) is 0 Å².